The average molecular weight is 431 g/mol. The second kappa shape index (κ2) is 7.71. The maximum atomic E-state index is 13.1. The summed E-state index contributed by atoms with van der Waals surface area (Å²) < 4.78 is 10.6. The first-order valence-corrected chi connectivity index (χ1v) is 10.8. The predicted molar refractivity (Wildman–Crippen MR) is 124 cm³/mol. The fourth-order valence-electron chi connectivity index (χ4n) is 4.32. The third-order valence-corrected chi connectivity index (χ3v) is 5.89. The number of imidazole rings is 1. The van der Waals surface area contributed by atoms with E-state index >= 15 is 0 Å². The van der Waals surface area contributed by atoms with Gasteiger partial charge in [0.15, 0.2) is 11.2 Å². The zero-order chi connectivity index (χ0) is 22.4. The smallest absolute Gasteiger partial charge is 0.332 e. The fourth-order valence-corrected chi connectivity index (χ4v) is 4.32. The van der Waals surface area contributed by atoms with Crippen LogP contribution in [-0.2, 0) is 20.1 Å². The number of aryl methyl sites for hydroxylation is 1. The Labute approximate surface area is 184 Å². The van der Waals surface area contributed by atoms with E-state index in [0.717, 1.165) is 23.7 Å². The van der Waals surface area contributed by atoms with Crippen molar-refractivity contribution in [3.05, 3.63) is 75.4 Å². The van der Waals surface area contributed by atoms with Crippen LogP contribution in [0.2, 0.25) is 0 Å². The van der Waals surface area contributed by atoms with E-state index in [1.165, 1.54) is 9.13 Å². The Balaban J connectivity index is 1.58. The van der Waals surface area contributed by atoms with Crippen LogP contribution in [0.5, 0.6) is 11.5 Å². The lowest BCUT2D eigenvalue weighted by molar-refractivity contribution is 0.457. The van der Waals surface area contributed by atoms with Gasteiger partial charge in [-0.3, -0.25) is 13.9 Å². The maximum absolute atomic E-state index is 13.1. The van der Waals surface area contributed by atoms with Gasteiger partial charge in [0.2, 0.25) is 5.95 Å². The summed E-state index contributed by atoms with van der Waals surface area (Å²) in [6, 6.07) is 17.5. The van der Waals surface area contributed by atoms with Crippen LogP contribution in [0.4, 0.5) is 11.6 Å². The molecule has 0 N–H and O–H groups in total. The number of hydrogen-bond acceptors (Lipinski definition) is 5. The van der Waals surface area contributed by atoms with E-state index in [1.54, 1.807) is 14.0 Å². The minimum absolute atomic E-state index is 0.287. The Morgan fingerprint density at radius 3 is 2.38 bits per heavy atom. The summed E-state index contributed by atoms with van der Waals surface area (Å²) >= 11 is 0. The molecule has 1 aliphatic heterocycles. The summed E-state index contributed by atoms with van der Waals surface area (Å²) in [4.78, 5) is 32.5. The predicted octanol–water partition coefficient (Wildman–Crippen LogP) is 3.50. The minimum atomic E-state index is -0.345. The molecule has 164 valence electrons. The van der Waals surface area contributed by atoms with E-state index in [0.29, 0.717) is 36.1 Å². The van der Waals surface area contributed by atoms with E-state index in [9.17, 15) is 9.59 Å². The Morgan fingerprint density at radius 2 is 1.69 bits per heavy atom. The van der Waals surface area contributed by atoms with Crippen LogP contribution >= 0.6 is 0 Å². The molecule has 0 bridgehead atoms. The number of hydrogen-bond donors (Lipinski definition) is 0. The quantitative estimate of drug-likeness (QED) is 0.495. The standard InChI is InChI=1S/C24H25N5O3/c1-4-27-22(30)20-21(26(3)24(27)31)25-23-28(14-16(2)15-29(20)23)17-10-12-19(13-11-17)32-18-8-6-5-7-9-18/h5-13,16H,4,14-15H2,1-3H3/t16-/m1/s1. The number of anilines is 2. The molecule has 2 aromatic carbocycles. The van der Waals surface area contributed by atoms with Gasteiger partial charge in [0, 0.05) is 32.4 Å². The van der Waals surface area contributed by atoms with Crippen LogP contribution in [0.3, 0.4) is 0 Å². The molecule has 0 spiro atoms. The number of fused-ring (bicyclic) bond motifs is 3. The van der Waals surface area contributed by atoms with Crippen LogP contribution in [0.15, 0.2) is 64.2 Å². The van der Waals surface area contributed by atoms with Gasteiger partial charge in [-0.1, -0.05) is 25.1 Å². The Kier molecular flexibility index (Phi) is 4.84. The molecular weight excluding hydrogens is 406 g/mol. The van der Waals surface area contributed by atoms with Gasteiger partial charge in [-0.25, -0.2) is 4.79 Å². The topological polar surface area (TPSA) is 74.3 Å². The highest BCUT2D eigenvalue weighted by molar-refractivity contribution is 5.77. The summed E-state index contributed by atoms with van der Waals surface area (Å²) in [6.45, 7) is 5.71. The lowest BCUT2D eigenvalue weighted by Gasteiger charge is -2.33. The van der Waals surface area contributed by atoms with Gasteiger partial charge in [0.05, 0.1) is 0 Å². The fraction of sp³-hybridized carbons (Fsp3) is 0.292. The molecule has 0 fully saturated rings. The average Bonchev–Trinajstić information content (AvgIpc) is 3.18. The summed E-state index contributed by atoms with van der Waals surface area (Å²) in [7, 11) is 1.67. The molecule has 32 heavy (non-hydrogen) atoms. The number of rotatable bonds is 4. The molecule has 8 nitrogen and oxygen atoms in total. The summed E-state index contributed by atoms with van der Waals surface area (Å²) in [6.07, 6.45) is 0. The molecule has 1 atom stereocenters. The lowest BCUT2D eigenvalue weighted by Crippen LogP contribution is -2.40. The van der Waals surface area contributed by atoms with Crippen LogP contribution in [0.1, 0.15) is 13.8 Å². The SMILES string of the molecule is CCn1c(=O)c2c(nc3n2C[C@H](C)CN3c2ccc(Oc3ccccc3)cc2)n(C)c1=O. The second-order valence-corrected chi connectivity index (χ2v) is 8.21. The molecule has 0 aliphatic carbocycles. The first-order valence-electron chi connectivity index (χ1n) is 10.8. The molecule has 4 aromatic rings. The minimum Gasteiger partial charge on any atom is -0.457 e. The molecular formula is C24H25N5O3. The van der Waals surface area contributed by atoms with Crippen molar-refractivity contribution in [2.24, 2.45) is 13.0 Å². The summed E-state index contributed by atoms with van der Waals surface area (Å²) in [5, 5.41) is 0. The van der Waals surface area contributed by atoms with Gasteiger partial charge in [0.1, 0.15) is 11.5 Å². The molecule has 3 heterocycles. The van der Waals surface area contributed by atoms with Gasteiger partial charge in [-0.15, -0.1) is 0 Å². The van der Waals surface area contributed by atoms with E-state index in [2.05, 4.69) is 11.8 Å². The Morgan fingerprint density at radius 1 is 1.00 bits per heavy atom. The maximum Gasteiger partial charge on any atom is 0.332 e. The molecule has 0 saturated heterocycles. The van der Waals surface area contributed by atoms with Gasteiger partial charge in [-0.05, 0) is 49.2 Å². The number of aromatic nitrogens is 4. The molecule has 0 amide bonds. The highest BCUT2D eigenvalue weighted by Gasteiger charge is 2.29. The first kappa shape index (κ1) is 20.1. The van der Waals surface area contributed by atoms with Crippen molar-refractivity contribution in [1.82, 2.24) is 18.7 Å². The molecule has 0 saturated carbocycles. The zero-order valence-corrected chi connectivity index (χ0v) is 18.4. The molecule has 2 aromatic heterocycles. The van der Waals surface area contributed by atoms with Crippen molar-refractivity contribution < 1.29 is 4.74 Å². The van der Waals surface area contributed by atoms with Crippen molar-refractivity contribution >= 4 is 22.8 Å². The number of benzene rings is 2. The largest absolute Gasteiger partial charge is 0.457 e. The monoisotopic (exact) mass is 431 g/mol. The van der Waals surface area contributed by atoms with Crippen molar-refractivity contribution in [3.63, 3.8) is 0 Å². The Hall–Kier alpha value is -3.81. The van der Waals surface area contributed by atoms with E-state index in [1.807, 2.05) is 59.2 Å². The molecule has 5 rings (SSSR count). The molecule has 0 radical (unpaired) electrons. The van der Waals surface area contributed by atoms with Crippen molar-refractivity contribution in [3.8, 4) is 11.5 Å². The van der Waals surface area contributed by atoms with Crippen LogP contribution in [0, 0.1) is 5.92 Å². The number of nitrogens with zero attached hydrogens (tertiary/aromatic N) is 5. The van der Waals surface area contributed by atoms with Gasteiger partial charge < -0.3 is 14.2 Å². The van der Waals surface area contributed by atoms with Crippen molar-refractivity contribution in [1.29, 1.82) is 0 Å². The second-order valence-electron chi connectivity index (χ2n) is 8.21. The molecule has 1 aliphatic rings. The van der Waals surface area contributed by atoms with Crippen molar-refractivity contribution in [2.45, 2.75) is 26.9 Å². The first-order chi connectivity index (χ1) is 15.5. The summed E-state index contributed by atoms with van der Waals surface area (Å²) in [5.41, 5.74) is 1.22. The van der Waals surface area contributed by atoms with Gasteiger partial charge in [-0.2, -0.15) is 4.98 Å². The van der Waals surface area contributed by atoms with Gasteiger partial charge >= 0.3 is 5.69 Å². The zero-order valence-electron chi connectivity index (χ0n) is 18.4. The van der Waals surface area contributed by atoms with Crippen LogP contribution in [0.25, 0.3) is 11.2 Å². The highest BCUT2D eigenvalue weighted by atomic mass is 16.5. The Bertz CT molecular complexity index is 1400. The third kappa shape index (κ3) is 3.19. The van der Waals surface area contributed by atoms with E-state index < -0.39 is 0 Å². The summed E-state index contributed by atoms with van der Waals surface area (Å²) in [5.74, 6) is 2.50. The van der Waals surface area contributed by atoms with Crippen LogP contribution < -0.4 is 20.9 Å². The number of ether oxygens (including phenoxy) is 1. The van der Waals surface area contributed by atoms with Crippen LogP contribution in [-0.4, -0.2) is 25.2 Å². The van der Waals surface area contributed by atoms with E-state index in [-0.39, 0.29) is 11.2 Å². The van der Waals surface area contributed by atoms with Gasteiger partial charge in [0.25, 0.3) is 5.56 Å². The molecule has 0 unspecified atom stereocenters. The van der Waals surface area contributed by atoms with E-state index in [4.69, 9.17) is 9.72 Å². The molecule has 8 heteroatoms. The van der Waals surface area contributed by atoms with Crippen molar-refractivity contribution in [2.75, 3.05) is 11.4 Å². The highest BCUT2D eigenvalue weighted by Crippen LogP contribution is 2.34. The lowest BCUT2D eigenvalue weighted by atomic mass is 10.1. The normalized spacial score (nSPS) is 15.7. The number of para-hydroxylation sites is 1. The third-order valence-electron chi connectivity index (χ3n) is 5.89.